The zero-order valence-electron chi connectivity index (χ0n) is 14.6. The lowest BCUT2D eigenvalue weighted by Gasteiger charge is -2.12. The van der Waals surface area contributed by atoms with E-state index in [0.29, 0.717) is 22.7 Å². The summed E-state index contributed by atoms with van der Waals surface area (Å²) in [6.45, 7) is -0.0552. The van der Waals surface area contributed by atoms with E-state index >= 15 is 0 Å². The maximum atomic E-state index is 12.6. The second-order valence-corrected chi connectivity index (χ2v) is 6.49. The standard InChI is InChI=1S/C18H16BrN5O3/c1-24-17(26)8-14(13-5-6-20-10-22-13)23-18(24)21-9-15(25)12-7-11(19)3-4-16(12)27-2/h3-8,10H,9H2,1-2H3,(H,21,23). The first-order valence-corrected chi connectivity index (χ1v) is 8.74. The van der Waals surface area contributed by atoms with Gasteiger partial charge in [0.2, 0.25) is 5.95 Å². The Hall–Kier alpha value is -3.07. The van der Waals surface area contributed by atoms with Crippen LogP contribution in [0.25, 0.3) is 11.4 Å². The van der Waals surface area contributed by atoms with E-state index in [4.69, 9.17) is 4.74 Å². The van der Waals surface area contributed by atoms with Crippen molar-refractivity contribution >= 4 is 27.7 Å². The summed E-state index contributed by atoms with van der Waals surface area (Å²) in [6, 6.07) is 8.23. The van der Waals surface area contributed by atoms with Gasteiger partial charge in [-0.1, -0.05) is 15.9 Å². The number of methoxy groups -OCH3 is 1. The van der Waals surface area contributed by atoms with Crippen molar-refractivity contribution in [2.45, 2.75) is 0 Å². The number of nitrogens with zero attached hydrogens (tertiary/aromatic N) is 4. The molecule has 2 aromatic heterocycles. The van der Waals surface area contributed by atoms with Crippen molar-refractivity contribution in [3.05, 3.63) is 63.2 Å². The Morgan fingerprint density at radius 1 is 1.26 bits per heavy atom. The molecule has 0 aliphatic rings. The molecule has 0 atom stereocenters. The third-order valence-electron chi connectivity index (χ3n) is 3.85. The Labute approximate surface area is 163 Å². The maximum absolute atomic E-state index is 12.6. The lowest BCUT2D eigenvalue weighted by Crippen LogP contribution is -2.25. The van der Waals surface area contributed by atoms with Crippen LogP contribution in [0.5, 0.6) is 5.75 Å². The van der Waals surface area contributed by atoms with E-state index in [-0.39, 0.29) is 23.8 Å². The molecule has 0 unspecified atom stereocenters. The van der Waals surface area contributed by atoms with Gasteiger partial charge in [-0.05, 0) is 24.3 Å². The first kappa shape index (κ1) is 18.7. The highest BCUT2D eigenvalue weighted by Gasteiger charge is 2.15. The van der Waals surface area contributed by atoms with E-state index in [2.05, 4.69) is 36.2 Å². The van der Waals surface area contributed by atoms with Crippen LogP contribution in [0, 0.1) is 0 Å². The smallest absolute Gasteiger partial charge is 0.255 e. The van der Waals surface area contributed by atoms with Crippen LogP contribution < -0.4 is 15.6 Å². The van der Waals surface area contributed by atoms with Gasteiger partial charge in [-0.2, -0.15) is 0 Å². The zero-order valence-corrected chi connectivity index (χ0v) is 16.2. The lowest BCUT2D eigenvalue weighted by atomic mass is 10.1. The number of Topliss-reactive ketones (excluding diaryl/α,β-unsaturated/α-hetero) is 1. The number of benzene rings is 1. The number of aromatic nitrogens is 4. The van der Waals surface area contributed by atoms with Crippen LogP contribution in [0.1, 0.15) is 10.4 Å². The summed E-state index contributed by atoms with van der Waals surface area (Å²) in [5.74, 6) is 0.537. The Morgan fingerprint density at radius 2 is 2.07 bits per heavy atom. The maximum Gasteiger partial charge on any atom is 0.255 e. The molecule has 9 heteroatoms. The number of hydrogen-bond acceptors (Lipinski definition) is 7. The summed E-state index contributed by atoms with van der Waals surface area (Å²) in [7, 11) is 3.08. The van der Waals surface area contributed by atoms with E-state index in [1.54, 1.807) is 37.5 Å². The first-order chi connectivity index (χ1) is 13.0. The van der Waals surface area contributed by atoms with Crippen LogP contribution in [0.4, 0.5) is 5.95 Å². The molecule has 0 aliphatic heterocycles. The van der Waals surface area contributed by atoms with Gasteiger partial charge in [0.1, 0.15) is 12.1 Å². The number of nitrogens with one attached hydrogen (secondary N) is 1. The van der Waals surface area contributed by atoms with Crippen molar-refractivity contribution in [1.29, 1.82) is 0 Å². The van der Waals surface area contributed by atoms with Gasteiger partial charge in [-0.15, -0.1) is 0 Å². The monoisotopic (exact) mass is 429 g/mol. The average Bonchev–Trinajstić information content (AvgIpc) is 2.69. The molecule has 0 saturated heterocycles. The number of carbonyl (C=O) groups excluding carboxylic acids is 1. The Balaban J connectivity index is 1.86. The molecule has 0 aliphatic carbocycles. The highest BCUT2D eigenvalue weighted by molar-refractivity contribution is 9.10. The number of anilines is 1. The fourth-order valence-electron chi connectivity index (χ4n) is 2.42. The molecule has 0 spiro atoms. The molecule has 0 saturated carbocycles. The van der Waals surface area contributed by atoms with E-state index in [1.165, 1.54) is 24.1 Å². The van der Waals surface area contributed by atoms with Crippen molar-refractivity contribution in [2.24, 2.45) is 7.05 Å². The van der Waals surface area contributed by atoms with E-state index in [0.717, 1.165) is 4.47 Å². The minimum Gasteiger partial charge on any atom is -0.496 e. The van der Waals surface area contributed by atoms with Gasteiger partial charge in [-0.25, -0.2) is 15.0 Å². The normalized spacial score (nSPS) is 10.5. The minimum atomic E-state index is -0.270. The highest BCUT2D eigenvalue weighted by atomic mass is 79.9. The molecule has 2 heterocycles. The van der Waals surface area contributed by atoms with Crippen molar-refractivity contribution in [3.63, 3.8) is 0 Å². The topological polar surface area (TPSA) is 99.0 Å². The van der Waals surface area contributed by atoms with Crippen molar-refractivity contribution in [3.8, 4) is 17.1 Å². The Morgan fingerprint density at radius 3 is 2.78 bits per heavy atom. The minimum absolute atomic E-state index is 0.0552. The number of ketones is 1. The van der Waals surface area contributed by atoms with Crippen LogP contribution in [0.3, 0.4) is 0 Å². The molecule has 0 amide bonds. The number of carbonyl (C=O) groups is 1. The summed E-state index contributed by atoms with van der Waals surface area (Å²) in [4.78, 5) is 37.2. The van der Waals surface area contributed by atoms with Crippen LogP contribution in [0.15, 0.2) is 52.1 Å². The van der Waals surface area contributed by atoms with Gasteiger partial charge < -0.3 is 10.1 Å². The third kappa shape index (κ3) is 4.20. The SMILES string of the molecule is COc1ccc(Br)cc1C(=O)CNc1nc(-c2ccncn2)cc(=O)n1C. The van der Waals surface area contributed by atoms with Gasteiger partial charge in [0, 0.05) is 23.8 Å². The van der Waals surface area contributed by atoms with Crippen LogP contribution in [-0.4, -0.2) is 39.0 Å². The molecule has 0 bridgehead atoms. The highest BCUT2D eigenvalue weighted by Crippen LogP contribution is 2.23. The first-order valence-electron chi connectivity index (χ1n) is 7.94. The van der Waals surface area contributed by atoms with Gasteiger partial charge in [0.25, 0.3) is 5.56 Å². The molecule has 0 fully saturated rings. The van der Waals surface area contributed by atoms with Gasteiger partial charge >= 0.3 is 0 Å². The number of hydrogen-bond donors (Lipinski definition) is 1. The molecule has 1 aromatic carbocycles. The van der Waals surface area contributed by atoms with Gasteiger partial charge in [0.15, 0.2) is 5.78 Å². The summed E-state index contributed by atoms with van der Waals surface area (Å²) >= 11 is 3.35. The molecule has 3 aromatic rings. The molecule has 0 radical (unpaired) electrons. The van der Waals surface area contributed by atoms with Crippen molar-refractivity contribution < 1.29 is 9.53 Å². The van der Waals surface area contributed by atoms with Gasteiger partial charge in [0.05, 0.1) is 30.6 Å². The summed E-state index contributed by atoms with van der Waals surface area (Å²) in [6.07, 6.45) is 2.95. The summed E-state index contributed by atoms with van der Waals surface area (Å²) in [5.41, 5.74) is 1.08. The van der Waals surface area contributed by atoms with Crippen LogP contribution in [0.2, 0.25) is 0 Å². The number of rotatable bonds is 6. The number of ether oxygens (including phenoxy) is 1. The van der Waals surface area contributed by atoms with E-state index in [9.17, 15) is 9.59 Å². The quantitative estimate of drug-likeness (QED) is 0.600. The molecular formula is C18H16BrN5O3. The predicted molar refractivity (Wildman–Crippen MR) is 104 cm³/mol. The molecular weight excluding hydrogens is 414 g/mol. The molecule has 1 N–H and O–H groups in total. The average molecular weight is 430 g/mol. The third-order valence-corrected chi connectivity index (χ3v) is 4.34. The Bertz CT molecular complexity index is 1040. The van der Waals surface area contributed by atoms with Crippen LogP contribution >= 0.6 is 15.9 Å². The zero-order chi connectivity index (χ0) is 19.4. The second-order valence-electron chi connectivity index (χ2n) is 5.58. The Kier molecular flexibility index (Phi) is 5.60. The molecule has 138 valence electrons. The second kappa shape index (κ2) is 8.09. The lowest BCUT2D eigenvalue weighted by molar-refractivity contribution is 0.100. The molecule has 3 rings (SSSR count). The summed E-state index contributed by atoms with van der Waals surface area (Å²) in [5, 5.41) is 2.92. The fourth-order valence-corrected chi connectivity index (χ4v) is 2.78. The van der Waals surface area contributed by atoms with Crippen LogP contribution in [-0.2, 0) is 7.05 Å². The predicted octanol–water partition coefficient (Wildman–Crippen LogP) is 2.30. The van der Waals surface area contributed by atoms with Crippen molar-refractivity contribution in [1.82, 2.24) is 19.5 Å². The van der Waals surface area contributed by atoms with E-state index < -0.39 is 0 Å². The molecule has 8 nitrogen and oxygen atoms in total. The van der Waals surface area contributed by atoms with E-state index in [1.807, 2.05) is 0 Å². The molecule has 27 heavy (non-hydrogen) atoms. The summed E-state index contributed by atoms with van der Waals surface area (Å²) < 4.78 is 7.33. The number of halogens is 1. The van der Waals surface area contributed by atoms with Crippen molar-refractivity contribution in [2.75, 3.05) is 19.0 Å². The fraction of sp³-hybridized carbons (Fsp3) is 0.167. The largest absolute Gasteiger partial charge is 0.496 e. The van der Waals surface area contributed by atoms with Gasteiger partial charge in [-0.3, -0.25) is 14.2 Å².